The Morgan fingerprint density at radius 2 is 1.79 bits per heavy atom. The number of hydrogen-bond donors (Lipinski definition) is 0. The molecule has 0 bridgehead atoms. The second kappa shape index (κ2) is 7.94. The van der Waals surface area contributed by atoms with E-state index in [4.69, 9.17) is 0 Å². The molecule has 0 radical (unpaired) electrons. The van der Waals surface area contributed by atoms with Crippen molar-refractivity contribution in [2.45, 2.75) is 58.8 Å². The van der Waals surface area contributed by atoms with Gasteiger partial charge in [0.2, 0.25) is 0 Å². The van der Waals surface area contributed by atoms with Gasteiger partial charge in [-0.05, 0) is 48.9 Å². The van der Waals surface area contributed by atoms with E-state index in [1.54, 1.807) is 0 Å². The Kier molecular flexibility index (Phi) is 6.92. The van der Waals surface area contributed by atoms with E-state index in [1.807, 2.05) is 0 Å². The van der Waals surface area contributed by atoms with E-state index in [9.17, 15) is 0 Å². The number of benzene rings is 1. The Balaban J connectivity index is 3.05. The molecule has 2 heteroatoms. The van der Waals surface area contributed by atoms with Crippen LogP contribution in [0.3, 0.4) is 0 Å². The summed E-state index contributed by atoms with van der Waals surface area (Å²) in [6.07, 6.45) is 2.42. The van der Waals surface area contributed by atoms with Crippen LogP contribution in [0.2, 0.25) is 0 Å². The molecule has 0 saturated heterocycles. The van der Waals surface area contributed by atoms with Crippen LogP contribution in [0.1, 0.15) is 51.7 Å². The van der Waals surface area contributed by atoms with Crippen molar-refractivity contribution in [1.82, 2.24) is 0 Å². The van der Waals surface area contributed by atoms with Gasteiger partial charge in [-0.25, -0.2) is 0 Å². The molecule has 0 atom stereocenters. The third-order valence-corrected chi connectivity index (χ3v) is 4.35. The molecule has 108 valence electrons. The fourth-order valence-corrected chi connectivity index (χ4v) is 3.23. The van der Waals surface area contributed by atoms with Crippen molar-refractivity contribution in [2.24, 2.45) is 5.92 Å². The molecule has 0 aliphatic carbocycles. The summed E-state index contributed by atoms with van der Waals surface area (Å²) in [5, 5.41) is 0.939. The van der Waals surface area contributed by atoms with Gasteiger partial charge in [0.1, 0.15) is 0 Å². The highest BCUT2D eigenvalue weighted by Gasteiger charge is 2.17. The van der Waals surface area contributed by atoms with Gasteiger partial charge in [-0.15, -0.1) is 0 Å². The molecule has 0 heterocycles. The lowest BCUT2D eigenvalue weighted by molar-refractivity contribution is 0.507. The van der Waals surface area contributed by atoms with Gasteiger partial charge in [-0.3, -0.25) is 0 Å². The van der Waals surface area contributed by atoms with E-state index in [0.29, 0.717) is 12.0 Å². The molecule has 0 unspecified atom stereocenters. The van der Waals surface area contributed by atoms with Crippen LogP contribution in [0.15, 0.2) is 18.2 Å². The van der Waals surface area contributed by atoms with Gasteiger partial charge >= 0.3 is 0 Å². The highest BCUT2D eigenvalue weighted by molar-refractivity contribution is 9.08. The van der Waals surface area contributed by atoms with Crippen LogP contribution < -0.4 is 4.90 Å². The van der Waals surface area contributed by atoms with Crippen molar-refractivity contribution in [2.75, 3.05) is 11.4 Å². The number of alkyl halides is 1. The minimum Gasteiger partial charge on any atom is -0.368 e. The van der Waals surface area contributed by atoms with Gasteiger partial charge in [-0.1, -0.05) is 49.7 Å². The van der Waals surface area contributed by atoms with E-state index < -0.39 is 0 Å². The Hall–Kier alpha value is -0.500. The van der Waals surface area contributed by atoms with Crippen molar-refractivity contribution >= 4 is 21.6 Å². The summed E-state index contributed by atoms with van der Waals surface area (Å²) < 4.78 is 0. The number of rotatable bonds is 7. The van der Waals surface area contributed by atoms with E-state index in [-0.39, 0.29) is 0 Å². The molecule has 0 amide bonds. The second-order valence-corrected chi connectivity index (χ2v) is 6.32. The van der Waals surface area contributed by atoms with Gasteiger partial charge < -0.3 is 4.90 Å². The molecule has 1 aromatic rings. The van der Waals surface area contributed by atoms with E-state index >= 15 is 0 Å². The van der Waals surface area contributed by atoms with Crippen LogP contribution in [-0.4, -0.2) is 12.6 Å². The summed E-state index contributed by atoms with van der Waals surface area (Å²) in [4.78, 5) is 2.59. The zero-order valence-electron chi connectivity index (χ0n) is 13.0. The first-order valence-electron chi connectivity index (χ1n) is 7.45. The van der Waals surface area contributed by atoms with Gasteiger partial charge in [0, 0.05) is 23.6 Å². The first-order chi connectivity index (χ1) is 9.03. The smallest absolute Gasteiger partial charge is 0.0371 e. The summed E-state index contributed by atoms with van der Waals surface area (Å²) >= 11 is 3.55. The van der Waals surface area contributed by atoms with Crippen LogP contribution >= 0.6 is 15.9 Å². The Morgan fingerprint density at radius 3 is 2.21 bits per heavy atom. The molecule has 0 N–H and O–H groups in total. The summed E-state index contributed by atoms with van der Waals surface area (Å²) in [6, 6.07) is 7.54. The summed E-state index contributed by atoms with van der Waals surface area (Å²) in [5.74, 6) is 0.691. The number of nitrogens with zero attached hydrogens (tertiary/aromatic N) is 1. The van der Waals surface area contributed by atoms with Crippen molar-refractivity contribution < 1.29 is 0 Å². The molecule has 0 aliphatic rings. The maximum absolute atomic E-state index is 3.55. The van der Waals surface area contributed by atoms with Gasteiger partial charge in [0.15, 0.2) is 0 Å². The highest BCUT2D eigenvalue weighted by atomic mass is 79.9. The molecule has 1 rings (SSSR count). The predicted octanol–water partition coefficient (Wildman–Crippen LogP) is 5.54. The zero-order chi connectivity index (χ0) is 14.4. The third-order valence-electron chi connectivity index (χ3n) is 3.75. The predicted molar refractivity (Wildman–Crippen MR) is 90.4 cm³/mol. The number of aryl methyl sites for hydroxylation is 1. The third kappa shape index (κ3) is 4.52. The Morgan fingerprint density at radius 1 is 1.16 bits per heavy atom. The highest BCUT2D eigenvalue weighted by Crippen LogP contribution is 2.25. The molecule has 1 aromatic carbocycles. The number of halogens is 1. The molecular formula is C17H28BrN. The minimum atomic E-state index is 0.650. The number of hydrogen-bond acceptors (Lipinski definition) is 1. The lowest BCUT2D eigenvalue weighted by Gasteiger charge is -2.34. The largest absolute Gasteiger partial charge is 0.368 e. The lowest BCUT2D eigenvalue weighted by Crippen LogP contribution is -2.37. The summed E-state index contributed by atoms with van der Waals surface area (Å²) in [7, 11) is 0. The van der Waals surface area contributed by atoms with E-state index in [2.05, 4.69) is 73.6 Å². The summed E-state index contributed by atoms with van der Waals surface area (Å²) in [6.45, 7) is 12.5. The van der Waals surface area contributed by atoms with E-state index in [1.165, 1.54) is 29.7 Å². The molecule has 0 fully saturated rings. The first-order valence-corrected chi connectivity index (χ1v) is 8.57. The topological polar surface area (TPSA) is 3.24 Å². The molecular weight excluding hydrogens is 298 g/mol. The quantitative estimate of drug-likeness (QED) is 0.595. The minimum absolute atomic E-state index is 0.650. The van der Waals surface area contributed by atoms with Crippen LogP contribution in [-0.2, 0) is 5.33 Å². The second-order valence-electron chi connectivity index (χ2n) is 5.76. The maximum atomic E-state index is 3.55. The van der Waals surface area contributed by atoms with E-state index in [0.717, 1.165) is 11.9 Å². The Bertz CT molecular complexity index is 383. The van der Waals surface area contributed by atoms with Crippen molar-refractivity contribution in [3.63, 3.8) is 0 Å². The molecule has 0 aromatic heterocycles. The Labute approximate surface area is 127 Å². The average molecular weight is 326 g/mol. The van der Waals surface area contributed by atoms with Crippen LogP contribution in [0.5, 0.6) is 0 Å². The van der Waals surface area contributed by atoms with Crippen LogP contribution in [0.25, 0.3) is 0 Å². The number of anilines is 1. The molecule has 0 spiro atoms. The van der Waals surface area contributed by atoms with Crippen molar-refractivity contribution in [1.29, 1.82) is 0 Å². The fraction of sp³-hybridized carbons (Fsp3) is 0.647. The summed E-state index contributed by atoms with van der Waals surface area (Å²) in [5.41, 5.74) is 4.15. The van der Waals surface area contributed by atoms with Crippen LogP contribution in [0.4, 0.5) is 5.69 Å². The lowest BCUT2D eigenvalue weighted by atomic mass is 10.0. The monoisotopic (exact) mass is 325 g/mol. The molecule has 0 saturated carbocycles. The molecule has 1 nitrogen and oxygen atoms in total. The SMILES string of the molecule is CCC(CC)N(CC(C)C)c1ccc(CBr)c(C)c1. The fourth-order valence-electron chi connectivity index (χ4n) is 2.60. The standard InChI is InChI=1S/C17H28BrN/c1-6-16(7-2)19(12-13(3)4)17-9-8-15(11-18)14(5)10-17/h8-10,13,16H,6-7,11-12H2,1-5H3. The first kappa shape index (κ1) is 16.6. The van der Waals surface area contributed by atoms with Gasteiger partial charge in [-0.2, -0.15) is 0 Å². The van der Waals surface area contributed by atoms with Crippen molar-refractivity contribution in [3.8, 4) is 0 Å². The molecule has 0 aliphatic heterocycles. The molecule has 19 heavy (non-hydrogen) atoms. The zero-order valence-corrected chi connectivity index (χ0v) is 14.6. The normalized spacial score (nSPS) is 11.4. The average Bonchev–Trinajstić information content (AvgIpc) is 2.38. The van der Waals surface area contributed by atoms with Crippen LogP contribution in [0, 0.1) is 12.8 Å². The van der Waals surface area contributed by atoms with Gasteiger partial charge in [0.25, 0.3) is 0 Å². The van der Waals surface area contributed by atoms with Crippen molar-refractivity contribution in [3.05, 3.63) is 29.3 Å². The van der Waals surface area contributed by atoms with Gasteiger partial charge in [0.05, 0.1) is 0 Å². The maximum Gasteiger partial charge on any atom is 0.0371 e.